The molecule has 0 aliphatic rings. The molecule has 2 atom stereocenters. The molecule has 0 saturated carbocycles. The Balaban J connectivity index is 4.36. The van der Waals surface area contributed by atoms with Gasteiger partial charge in [-0.2, -0.15) is 0 Å². The number of quaternary nitrogens is 1. The van der Waals surface area contributed by atoms with E-state index < -0.39 is 18.1 Å². The Kier molecular flexibility index (Phi) is 42.2. The molecule has 63 heavy (non-hydrogen) atoms. The summed E-state index contributed by atoms with van der Waals surface area (Å²) in [7, 11) is 5.50. The third-order valence-electron chi connectivity index (χ3n) is 10.6. The fourth-order valence-corrected chi connectivity index (χ4v) is 6.80. The molecule has 0 aromatic carbocycles. The summed E-state index contributed by atoms with van der Waals surface area (Å²) >= 11 is 0. The average molecular weight is 879 g/mol. The van der Waals surface area contributed by atoms with E-state index in [1.54, 1.807) is 0 Å². The van der Waals surface area contributed by atoms with Crippen LogP contribution < -0.4 is 0 Å². The monoisotopic (exact) mass is 879 g/mol. The number of hydrogen-bond acceptors (Lipinski definition) is 6. The van der Waals surface area contributed by atoms with Crippen molar-refractivity contribution in [2.75, 3.05) is 41.0 Å². The number of aliphatic carboxylic acids is 1. The first-order valence-electron chi connectivity index (χ1n) is 24.9. The number of carbonyl (C=O) groups excluding carboxylic acids is 2. The van der Waals surface area contributed by atoms with Crippen molar-refractivity contribution in [3.05, 3.63) is 97.2 Å². The number of likely N-dealkylation sites (N-methyl/N-ethyl adjacent to an activating group) is 1. The van der Waals surface area contributed by atoms with Crippen LogP contribution in [-0.2, 0) is 28.6 Å². The second-order valence-corrected chi connectivity index (χ2v) is 17.5. The Morgan fingerprint density at radius 1 is 0.508 bits per heavy atom. The van der Waals surface area contributed by atoms with Gasteiger partial charge in [0.2, 0.25) is 0 Å². The molecule has 8 nitrogen and oxygen atoms in total. The minimum absolute atomic E-state index is 0.0340. The number of carbonyl (C=O) groups is 3. The normalized spacial score (nSPS) is 13.7. The van der Waals surface area contributed by atoms with E-state index in [0.29, 0.717) is 19.3 Å². The second-order valence-electron chi connectivity index (χ2n) is 17.5. The molecule has 0 radical (unpaired) electrons. The highest BCUT2D eigenvalue weighted by molar-refractivity contribution is 5.72. The Morgan fingerprint density at radius 2 is 0.952 bits per heavy atom. The average Bonchev–Trinajstić information content (AvgIpc) is 3.24. The van der Waals surface area contributed by atoms with Crippen LogP contribution in [0.4, 0.5) is 0 Å². The summed E-state index contributed by atoms with van der Waals surface area (Å²) in [5, 5.41) is 9.64. The minimum atomic E-state index is -0.888. The van der Waals surface area contributed by atoms with E-state index in [4.69, 9.17) is 14.2 Å². The van der Waals surface area contributed by atoms with Crippen LogP contribution in [0, 0.1) is 0 Å². The quantitative estimate of drug-likeness (QED) is 0.0214. The van der Waals surface area contributed by atoms with Crippen molar-refractivity contribution in [2.45, 2.75) is 193 Å². The van der Waals surface area contributed by atoms with E-state index in [1.165, 1.54) is 83.5 Å². The van der Waals surface area contributed by atoms with Crippen LogP contribution in [0.5, 0.6) is 0 Å². The van der Waals surface area contributed by atoms with Crippen LogP contribution >= 0.6 is 0 Å². The summed E-state index contributed by atoms with van der Waals surface area (Å²) in [6.07, 6.45) is 60.3. The van der Waals surface area contributed by atoms with Crippen LogP contribution in [0.1, 0.15) is 181 Å². The first kappa shape index (κ1) is 59.2. The topological polar surface area (TPSA) is 99.1 Å². The summed E-state index contributed by atoms with van der Waals surface area (Å²) in [6, 6.07) is -0.631. The Labute approximate surface area is 386 Å². The van der Waals surface area contributed by atoms with Crippen LogP contribution in [0.15, 0.2) is 97.2 Å². The van der Waals surface area contributed by atoms with E-state index in [0.717, 1.165) is 57.8 Å². The molecule has 0 aromatic rings. The molecule has 358 valence electrons. The zero-order chi connectivity index (χ0) is 46.3. The summed E-state index contributed by atoms with van der Waals surface area (Å²) in [4.78, 5) is 37.1. The van der Waals surface area contributed by atoms with Crippen molar-refractivity contribution in [2.24, 2.45) is 0 Å². The molecule has 0 spiro atoms. The Morgan fingerprint density at radius 3 is 1.46 bits per heavy atom. The lowest BCUT2D eigenvalue weighted by atomic mass is 10.1. The maximum Gasteiger partial charge on any atom is 0.362 e. The van der Waals surface area contributed by atoms with Crippen LogP contribution in [0.25, 0.3) is 0 Å². The van der Waals surface area contributed by atoms with Crippen LogP contribution in [-0.4, -0.2) is 80.6 Å². The molecule has 0 aromatic heterocycles. The number of carboxylic acid groups (broad SMARTS) is 1. The Hall–Kier alpha value is -3.75. The zero-order valence-electron chi connectivity index (χ0n) is 40.7. The predicted octanol–water partition coefficient (Wildman–Crippen LogP) is 14.2. The highest BCUT2D eigenvalue weighted by Gasteiger charge is 2.31. The fourth-order valence-electron chi connectivity index (χ4n) is 6.80. The summed E-state index contributed by atoms with van der Waals surface area (Å²) < 4.78 is 17.3. The lowest BCUT2D eigenvalue weighted by Gasteiger charge is -2.31. The summed E-state index contributed by atoms with van der Waals surface area (Å²) in [5.41, 5.74) is 0. The number of allylic oxidation sites excluding steroid dienone is 16. The number of unbranched alkanes of at least 4 members (excludes halogenated alkanes) is 18. The molecule has 0 aliphatic heterocycles. The van der Waals surface area contributed by atoms with E-state index in [2.05, 4.69) is 50.3 Å². The van der Waals surface area contributed by atoms with E-state index in [9.17, 15) is 19.5 Å². The standard InChI is InChI=1S/C55H91NO7/c1-6-8-10-12-14-16-18-20-22-24-25-26-27-28-30-31-33-35-37-39-41-43-45-53(57)62-50-51(49-61-48-47-52(55(59)60)56(3,4)5)63-54(58)46-44-42-40-38-36-34-32-29-23-21-19-17-15-13-11-9-7-2/h9,11,13,15,17,19,21,23-25,27-29,32,34,36,51-52H,6-8,10,12,14,16,18,20,22,26,30-31,33,35,37-50H2,1-5H3/p+1/b11-9+,15-13+,19-17+,23-21+,25-24+,28-27+,32-29+,36-34+. The molecule has 1 N–H and O–H groups in total. The van der Waals surface area contributed by atoms with Gasteiger partial charge in [0, 0.05) is 19.3 Å². The zero-order valence-corrected chi connectivity index (χ0v) is 40.7. The minimum Gasteiger partial charge on any atom is -0.477 e. The third-order valence-corrected chi connectivity index (χ3v) is 10.6. The van der Waals surface area contributed by atoms with Gasteiger partial charge in [-0.05, 0) is 64.2 Å². The molecule has 0 aliphatic carbocycles. The number of hydrogen-bond donors (Lipinski definition) is 1. The number of ether oxygens (including phenoxy) is 3. The van der Waals surface area contributed by atoms with Crippen LogP contribution in [0.2, 0.25) is 0 Å². The highest BCUT2D eigenvalue weighted by Crippen LogP contribution is 2.14. The van der Waals surface area contributed by atoms with Crippen molar-refractivity contribution in [1.82, 2.24) is 0 Å². The molecule has 0 bridgehead atoms. The first-order valence-corrected chi connectivity index (χ1v) is 24.9. The Bertz CT molecular complexity index is 1350. The van der Waals surface area contributed by atoms with E-state index in [1.807, 2.05) is 81.9 Å². The van der Waals surface area contributed by atoms with Gasteiger partial charge >= 0.3 is 17.9 Å². The van der Waals surface area contributed by atoms with Gasteiger partial charge in [-0.3, -0.25) is 9.59 Å². The molecule has 0 amide bonds. The van der Waals surface area contributed by atoms with Crippen molar-refractivity contribution in [1.29, 1.82) is 0 Å². The van der Waals surface area contributed by atoms with Gasteiger partial charge in [0.05, 0.1) is 34.4 Å². The van der Waals surface area contributed by atoms with Crippen molar-refractivity contribution >= 4 is 17.9 Å². The number of nitrogens with zero attached hydrogens (tertiary/aromatic N) is 1. The van der Waals surface area contributed by atoms with Gasteiger partial charge in [-0.15, -0.1) is 0 Å². The largest absolute Gasteiger partial charge is 0.477 e. The van der Waals surface area contributed by atoms with Gasteiger partial charge < -0.3 is 23.8 Å². The van der Waals surface area contributed by atoms with Gasteiger partial charge in [-0.25, -0.2) is 4.79 Å². The lowest BCUT2D eigenvalue weighted by molar-refractivity contribution is -0.887. The fraction of sp³-hybridized carbons (Fsp3) is 0.655. The highest BCUT2D eigenvalue weighted by atomic mass is 16.6. The second kappa shape index (κ2) is 44.8. The lowest BCUT2D eigenvalue weighted by Crippen LogP contribution is -2.50. The first-order chi connectivity index (χ1) is 30.6. The maximum atomic E-state index is 12.8. The van der Waals surface area contributed by atoms with E-state index >= 15 is 0 Å². The molecular formula is C55H92NO7+. The van der Waals surface area contributed by atoms with Crippen molar-refractivity contribution in [3.8, 4) is 0 Å². The molecular weight excluding hydrogens is 787 g/mol. The van der Waals surface area contributed by atoms with Gasteiger partial charge in [0.1, 0.15) is 6.61 Å². The molecule has 2 unspecified atom stereocenters. The molecule has 0 heterocycles. The number of esters is 2. The smallest absolute Gasteiger partial charge is 0.362 e. The van der Waals surface area contributed by atoms with Crippen molar-refractivity contribution in [3.63, 3.8) is 0 Å². The summed E-state index contributed by atoms with van der Waals surface area (Å²) in [5.74, 6) is -1.54. The molecule has 0 rings (SSSR count). The van der Waals surface area contributed by atoms with Crippen LogP contribution in [0.3, 0.4) is 0 Å². The van der Waals surface area contributed by atoms with Gasteiger partial charge in [0.25, 0.3) is 0 Å². The van der Waals surface area contributed by atoms with Crippen molar-refractivity contribution < 1.29 is 38.2 Å². The molecule has 8 heteroatoms. The number of carboxylic acids is 1. The van der Waals surface area contributed by atoms with E-state index in [-0.39, 0.29) is 42.7 Å². The SMILES string of the molecule is CC/C=C/C=C/C=C/C=C/C=C/C=C/CCCCCC(=O)OC(COCCC(C(=O)O)[N+](C)(C)C)COC(=O)CCCCCCCCC/C=C/C/C=C/CCCCCCCCCC. The number of rotatable bonds is 43. The maximum absolute atomic E-state index is 12.8. The third kappa shape index (κ3) is 43.3. The molecule has 0 fully saturated rings. The van der Waals surface area contributed by atoms with Gasteiger partial charge in [0.15, 0.2) is 12.1 Å². The molecule has 0 saturated heterocycles. The van der Waals surface area contributed by atoms with Gasteiger partial charge in [-0.1, -0.05) is 195 Å². The predicted molar refractivity (Wildman–Crippen MR) is 266 cm³/mol. The summed E-state index contributed by atoms with van der Waals surface area (Å²) in [6.45, 7) is 4.53.